The summed E-state index contributed by atoms with van der Waals surface area (Å²) >= 11 is 0. The Morgan fingerprint density at radius 3 is 1.37 bits per heavy atom. The van der Waals surface area contributed by atoms with Crippen LogP contribution in [0.5, 0.6) is 0 Å². The molecule has 0 aliphatic heterocycles. The van der Waals surface area contributed by atoms with Gasteiger partial charge in [0.05, 0.1) is 11.4 Å². The largest absolute Gasteiger partial charge is 0.393 e. The van der Waals surface area contributed by atoms with E-state index in [1.165, 1.54) is 70.6 Å². The first-order valence-corrected chi connectivity index (χ1v) is 13.1. The number of aliphatic hydroxyl groups excluding tert-OH is 1. The van der Waals surface area contributed by atoms with E-state index < -0.39 is 15.4 Å². The van der Waals surface area contributed by atoms with Gasteiger partial charge in [-0.05, 0) is 25.7 Å². The zero-order chi connectivity index (χ0) is 20.4. The van der Waals surface area contributed by atoms with E-state index in [9.17, 15) is 13.5 Å². The predicted octanol–water partition coefficient (Wildman–Crippen LogP) is 6.67. The smallest absolute Gasteiger partial charge is 0.267 e. The van der Waals surface area contributed by atoms with Crippen LogP contribution in [0.1, 0.15) is 129 Å². The number of hydrogen-bond donors (Lipinski definition) is 2. The van der Waals surface area contributed by atoms with Crippen LogP contribution in [0.2, 0.25) is 0 Å². The third-order valence-electron chi connectivity index (χ3n) is 5.58. The first-order chi connectivity index (χ1) is 12.9. The van der Waals surface area contributed by atoms with Crippen LogP contribution >= 0.6 is 0 Å². The fourth-order valence-electron chi connectivity index (χ4n) is 3.67. The molecule has 0 rings (SSSR count). The van der Waals surface area contributed by atoms with Crippen LogP contribution in [-0.4, -0.2) is 29.4 Å². The molecule has 2 atom stereocenters. The molecular formula is C22H46O4S. The minimum Gasteiger partial charge on any atom is -0.393 e. The van der Waals surface area contributed by atoms with E-state index in [-0.39, 0.29) is 6.10 Å². The maximum absolute atomic E-state index is 11.1. The van der Waals surface area contributed by atoms with Crippen LogP contribution in [0.4, 0.5) is 0 Å². The quantitative estimate of drug-likeness (QED) is 0.175. The number of unbranched alkanes of at least 4 members (excludes halogenated alkanes) is 12. The highest BCUT2D eigenvalue weighted by atomic mass is 32.2. The Kier molecular flexibility index (Phi) is 17.8. The molecule has 0 heterocycles. The van der Waals surface area contributed by atoms with Crippen molar-refractivity contribution < 1.29 is 18.1 Å². The van der Waals surface area contributed by atoms with E-state index in [0.717, 1.165) is 32.1 Å². The molecule has 2 N–H and O–H groups in total. The summed E-state index contributed by atoms with van der Waals surface area (Å²) < 4.78 is 31.3. The monoisotopic (exact) mass is 406 g/mol. The molecule has 0 spiro atoms. The Morgan fingerprint density at radius 1 is 0.630 bits per heavy atom. The highest BCUT2D eigenvalue weighted by Gasteiger charge is 2.19. The minimum atomic E-state index is -3.85. The van der Waals surface area contributed by atoms with Crippen LogP contribution in [-0.2, 0) is 10.1 Å². The van der Waals surface area contributed by atoms with E-state index in [2.05, 4.69) is 6.92 Å². The van der Waals surface area contributed by atoms with Crippen molar-refractivity contribution in [3.63, 3.8) is 0 Å². The molecule has 0 amide bonds. The van der Waals surface area contributed by atoms with Gasteiger partial charge >= 0.3 is 0 Å². The van der Waals surface area contributed by atoms with Gasteiger partial charge < -0.3 is 5.11 Å². The van der Waals surface area contributed by atoms with Crippen LogP contribution in [0, 0.1) is 0 Å². The van der Waals surface area contributed by atoms with Gasteiger partial charge in [0.15, 0.2) is 0 Å². The molecule has 0 aliphatic carbocycles. The van der Waals surface area contributed by atoms with Crippen molar-refractivity contribution in [1.82, 2.24) is 0 Å². The highest BCUT2D eigenvalue weighted by Crippen LogP contribution is 2.17. The van der Waals surface area contributed by atoms with Gasteiger partial charge in [-0.25, -0.2) is 0 Å². The third-order valence-corrected chi connectivity index (χ3v) is 6.99. The fourth-order valence-corrected chi connectivity index (χ4v) is 4.55. The van der Waals surface area contributed by atoms with Crippen LogP contribution in [0.15, 0.2) is 0 Å². The lowest BCUT2D eigenvalue weighted by atomic mass is 10.0. The molecule has 4 nitrogen and oxygen atoms in total. The minimum absolute atomic E-state index is 0.0779. The first-order valence-electron chi connectivity index (χ1n) is 11.6. The van der Waals surface area contributed by atoms with Crippen molar-refractivity contribution >= 4 is 10.1 Å². The van der Waals surface area contributed by atoms with Gasteiger partial charge in [0.1, 0.15) is 0 Å². The number of aliphatic hydroxyl groups is 1. The highest BCUT2D eigenvalue weighted by molar-refractivity contribution is 7.86. The molecule has 0 aromatic carbocycles. The molecule has 0 aromatic rings. The summed E-state index contributed by atoms with van der Waals surface area (Å²) in [5, 5.41) is 9.22. The van der Waals surface area contributed by atoms with Crippen LogP contribution in [0.3, 0.4) is 0 Å². The van der Waals surface area contributed by atoms with E-state index >= 15 is 0 Å². The molecule has 164 valence electrons. The van der Waals surface area contributed by atoms with Crippen molar-refractivity contribution in [2.75, 3.05) is 0 Å². The topological polar surface area (TPSA) is 74.6 Å². The van der Waals surface area contributed by atoms with E-state index in [1.807, 2.05) is 6.92 Å². The molecule has 0 radical (unpaired) electrons. The maximum Gasteiger partial charge on any atom is 0.267 e. The molecule has 27 heavy (non-hydrogen) atoms. The summed E-state index contributed by atoms with van der Waals surface area (Å²) in [7, 11) is -3.85. The zero-order valence-corrected chi connectivity index (χ0v) is 18.8. The number of hydrogen-bond acceptors (Lipinski definition) is 3. The first kappa shape index (κ1) is 26.9. The molecule has 0 fully saturated rings. The third kappa shape index (κ3) is 17.7. The Labute approximate surface area is 169 Å². The van der Waals surface area contributed by atoms with Gasteiger partial charge in [0.25, 0.3) is 10.1 Å². The van der Waals surface area contributed by atoms with Crippen molar-refractivity contribution in [2.24, 2.45) is 0 Å². The second-order valence-corrected chi connectivity index (χ2v) is 9.86. The Balaban J connectivity index is 3.27. The van der Waals surface area contributed by atoms with Gasteiger partial charge in [-0.1, -0.05) is 104 Å². The van der Waals surface area contributed by atoms with Crippen molar-refractivity contribution in [1.29, 1.82) is 0 Å². The predicted molar refractivity (Wildman–Crippen MR) is 116 cm³/mol. The maximum atomic E-state index is 11.1. The molecule has 0 saturated carbocycles. The van der Waals surface area contributed by atoms with E-state index in [1.54, 1.807) is 0 Å². The van der Waals surface area contributed by atoms with Crippen molar-refractivity contribution in [3.05, 3.63) is 0 Å². The summed E-state index contributed by atoms with van der Waals surface area (Å²) in [4.78, 5) is 0. The lowest BCUT2D eigenvalue weighted by Gasteiger charge is -2.10. The van der Waals surface area contributed by atoms with E-state index in [0.29, 0.717) is 12.8 Å². The van der Waals surface area contributed by atoms with Crippen molar-refractivity contribution in [3.8, 4) is 0 Å². The second kappa shape index (κ2) is 17.9. The Hall–Kier alpha value is -0.130. The molecular weight excluding hydrogens is 360 g/mol. The summed E-state index contributed by atoms with van der Waals surface area (Å²) in [6.45, 7) is 3.98. The SMILES string of the molecule is CCCCC(O)CCCCCCCCCCCCCCC(CC)S(=O)(=O)O. The van der Waals surface area contributed by atoms with Crippen LogP contribution < -0.4 is 0 Å². The van der Waals surface area contributed by atoms with E-state index in [4.69, 9.17) is 4.55 Å². The van der Waals surface area contributed by atoms with Gasteiger partial charge in [-0.3, -0.25) is 4.55 Å². The molecule has 0 aromatic heterocycles. The zero-order valence-electron chi connectivity index (χ0n) is 18.0. The summed E-state index contributed by atoms with van der Waals surface area (Å²) in [5.41, 5.74) is 0. The van der Waals surface area contributed by atoms with Gasteiger partial charge in [-0.15, -0.1) is 0 Å². The summed E-state index contributed by atoms with van der Waals surface area (Å²) in [6.07, 6.45) is 19.9. The molecule has 2 unspecified atom stereocenters. The molecule has 0 saturated heterocycles. The second-order valence-electron chi connectivity index (χ2n) is 8.16. The normalized spacial score (nSPS) is 14.4. The molecule has 0 bridgehead atoms. The molecule has 5 heteroatoms. The lowest BCUT2D eigenvalue weighted by molar-refractivity contribution is 0.148. The molecule has 0 aliphatic rings. The van der Waals surface area contributed by atoms with Gasteiger partial charge in [0, 0.05) is 0 Å². The number of rotatable bonds is 20. The van der Waals surface area contributed by atoms with Gasteiger partial charge in [0.2, 0.25) is 0 Å². The summed E-state index contributed by atoms with van der Waals surface area (Å²) in [5.74, 6) is 0. The van der Waals surface area contributed by atoms with Crippen molar-refractivity contribution in [2.45, 2.75) is 141 Å². The average Bonchev–Trinajstić information content (AvgIpc) is 2.62. The summed E-state index contributed by atoms with van der Waals surface area (Å²) in [6, 6.07) is 0. The average molecular weight is 407 g/mol. The Morgan fingerprint density at radius 2 is 1.00 bits per heavy atom. The lowest BCUT2D eigenvalue weighted by Crippen LogP contribution is -2.19. The van der Waals surface area contributed by atoms with Crippen LogP contribution in [0.25, 0.3) is 0 Å². The Bertz CT molecular complexity index is 409. The standard InChI is InChI=1S/C22H46O4S/c1-3-5-18-21(23)19-16-14-12-10-8-6-7-9-11-13-15-17-20-22(4-2)27(24,25)26/h21-23H,3-20H2,1-2H3,(H,24,25,26). The fraction of sp³-hybridized carbons (Fsp3) is 1.00. The van der Waals surface area contributed by atoms with Gasteiger partial charge in [-0.2, -0.15) is 8.42 Å².